The van der Waals surface area contributed by atoms with Gasteiger partial charge in [0, 0.05) is 17.0 Å². The molecule has 3 aliphatic rings. The van der Waals surface area contributed by atoms with E-state index in [1.165, 1.54) is 19.3 Å². The molecular weight excluding hydrogens is 296 g/mol. The van der Waals surface area contributed by atoms with E-state index in [0.717, 1.165) is 16.8 Å². The summed E-state index contributed by atoms with van der Waals surface area (Å²) in [4.78, 5) is 12.7. The molecule has 3 heteroatoms. The Morgan fingerprint density at radius 1 is 0.875 bits per heavy atom. The van der Waals surface area contributed by atoms with Gasteiger partial charge in [0.15, 0.2) is 6.04 Å². The van der Waals surface area contributed by atoms with E-state index in [1.807, 2.05) is 12.1 Å². The van der Waals surface area contributed by atoms with Gasteiger partial charge in [0.2, 0.25) is 5.71 Å². The molecule has 5 rings (SSSR count). The van der Waals surface area contributed by atoms with Crippen LogP contribution in [0.25, 0.3) is 0 Å². The smallest absolute Gasteiger partial charge is 0.269 e. The number of hydrazone groups is 1. The Balaban J connectivity index is 1.72. The Morgan fingerprint density at radius 3 is 2.08 bits per heavy atom. The number of hydrogen-bond acceptors (Lipinski definition) is 1. The van der Waals surface area contributed by atoms with E-state index in [4.69, 9.17) is 0 Å². The van der Waals surface area contributed by atoms with Gasteiger partial charge >= 0.3 is 0 Å². The molecular formula is C21H21N2O+. The average molecular weight is 317 g/mol. The van der Waals surface area contributed by atoms with Gasteiger partial charge in [-0.15, -0.1) is 10.1 Å². The minimum atomic E-state index is 0.172. The third-order valence-electron chi connectivity index (χ3n) is 6.04. The summed E-state index contributed by atoms with van der Waals surface area (Å²) < 4.78 is 2.20. The predicted molar refractivity (Wildman–Crippen MR) is 92.6 cm³/mol. The van der Waals surface area contributed by atoms with Crippen molar-refractivity contribution in [2.45, 2.75) is 25.3 Å². The lowest BCUT2D eigenvalue weighted by Crippen LogP contribution is -2.39. The topological polar surface area (TPSA) is 32.1 Å². The van der Waals surface area contributed by atoms with Crippen molar-refractivity contribution >= 4 is 11.6 Å². The van der Waals surface area contributed by atoms with Crippen LogP contribution in [0.15, 0.2) is 60.7 Å². The number of hydrogen-bond donors (Lipinski definition) is 1. The molecule has 1 heterocycles. The number of nitrogens with one attached hydrogen (secondary N) is 1. The van der Waals surface area contributed by atoms with E-state index in [-0.39, 0.29) is 11.8 Å². The molecule has 1 N–H and O–H groups in total. The molecule has 1 aliphatic heterocycles. The molecule has 2 aromatic carbocycles. The predicted octanol–water partition coefficient (Wildman–Crippen LogP) is 3.00. The Hall–Kier alpha value is -2.42. The molecule has 3 nitrogen and oxygen atoms in total. The van der Waals surface area contributed by atoms with Crippen LogP contribution in [0.5, 0.6) is 0 Å². The molecule has 2 aliphatic carbocycles. The van der Waals surface area contributed by atoms with Gasteiger partial charge in [0.05, 0.1) is 0 Å². The first-order valence-corrected chi connectivity index (χ1v) is 8.90. The van der Waals surface area contributed by atoms with Crippen molar-refractivity contribution in [1.29, 1.82) is 0 Å². The van der Waals surface area contributed by atoms with Crippen molar-refractivity contribution in [1.82, 2.24) is 5.43 Å². The fraction of sp³-hybridized carbons (Fsp3) is 0.333. The van der Waals surface area contributed by atoms with Crippen LogP contribution >= 0.6 is 0 Å². The van der Waals surface area contributed by atoms with E-state index in [0.29, 0.717) is 17.9 Å². The highest BCUT2D eigenvalue weighted by molar-refractivity contribution is 6.10. The number of rotatable bonds is 2. The maximum atomic E-state index is 12.7. The maximum absolute atomic E-state index is 12.7. The number of nitrogens with zero attached hydrogens (tertiary/aromatic N) is 1. The lowest BCUT2D eigenvalue weighted by atomic mass is 9.85. The van der Waals surface area contributed by atoms with Crippen LogP contribution in [-0.4, -0.2) is 22.3 Å². The van der Waals surface area contributed by atoms with Gasteiger partial charge in [-0.05, 0) is 49.4 Å². The van der Waals surface area contributed by atoms with Gasteiger partial charge in [0.1, 0.15) is 5.92 Å². The Labute approximate surface area is 142 Å². The number of amides is 1. The molecule has 2 saturated carbocycles. The molecule has 120 valence electrons. The largest absolute Gasteiger partial charge is 0.284 e. The molecule has 2 aromatic rings. The average Bonchev–Trinajstić information content (AvgIpc) is 3.32. The molecule has 24 heavy (non-hydrogen) atoms. The van der Waals surface area contributed by atoms with Gasteiger partial charge in [-0.3, -0.25) is 4.79 Å². The standard InChI is InChI=1S/C21H20N2O/c24-21-18-16-11-12-17(13-16)20(18)23(22-21)19(14-7-3-1-4-8-14)15-9-5-2-6-10-15/h1-10,16-18,20H,11-13H2/p+1. The van der Waals surface area contributed by atoms with Gasteiger partial charge < -0.3 is 0 Å². The van der Waals surface area contributed by atoms with E-state index in [1.54, 1.807) is 0 Å². The number of carbonyl (C=O) groups excluding carboxylic acids is 1. The third-order valence-corrected chi connectivity index (χ3v) is 6.04. The van der Waals surface area contributed by atoms with Crippen LogP contribution in [0.1, 0.15) is 30.4 Å². The Morgan fingerprint density at radius 2 is 1.46 bits per heavy atom. The van der Waals surface area contributed by atoms with Crippen molar-refractivity contribution < 1.29 is 9.48 Å². The molecule has 3 fully saturated rings. The highest BCUT2D eigenvalue weighted by atomic mass is 16.2. The van der Waals surface area contributed by atoms with Crippen molar-refractivity contribution in [3.05, 3.63) is 71.8 Å². The zero-order valence-electron chi connectivity index (χ0n) is 13.6. The van der Waals surface area contributed by atoms with E-state index in [2.05, 4.69) is 58.6 Å². The molecule has 4 atom stereocenters. The summed E-state index contributed by atoms with van der Waals surface area (Å²) >= 11 is 0. The maximum Gasteiger partial charge on any atom is 0.284 e. The zero-order chi connectivity index (χ0) is 16.1. The van der Waals surface area contributed by atoms with Crippen molar-refractivity contribution in [2.24, 2.45) is 17.8 Å². The fourth-order valence-corrected chi connectivity index (χ4v) is 5.11. The van der Waals surface area contributed by atoms with Gasteiger partial charge in [-0.25, -0.2) is 0 Å². The second kappa shape index (κ2) is 5.30. The van der Waals surface area contributed by atoms with Gasteiger partial charge in [-0.1, -0.05) is 36.4 Å². The lowest BCUT2D eigenvalue weighted by molar-refractivity contribution is -0.602. The fourth-order valence-electron chi connectivity index (χ4n) is 5.11. The van der Waals surface area contributed by atoms with E-state index < -0.39 is 0 Å². The molecule has 0 spiro atoms. The summed E-state index contributed by atoms with van der Waals surface area (Å²) in [7, 11) is 0. The highest BCUT2D eigenvalue weighted by Gasteiger charge is 2.62. The number of fused-ring (bicyclic) bond motifs is 5. The second-order valence-electron chi connectivity index (χ2n) is 7.28. The summed E-state index contributed by atoms with van der Waals surface area (Å²) in [6.45, 7) is 0. The first kappa shape index (κ1) is 14.0. The monoisotopic (exact) mass is 317 g/mol. The molecule has 4 unspecified atom stereocenters. The summed E-state index contributed by atoms with van der Waals surface area (Å²) in [5, 5.41) is 0. The van der Waals surface area contributed by atoms with Crippen molar-refractivity contribution in [2.75, 3.05) is 0 Å². The SMILES string of the molecule is O=C1N[N+](=C(c2ccccc2)c2ccccc2)C2C3CCC(C3)C12. The lowest BCUT2D eigenvalue weighted by Gasteiger charge is -2.18. The third kappa shape index (κ3) is 1.97. The molecule has 0 aromatic heterocycles. The number of carbonyl (C=O) groups is 1. The van der Waals surface area contributed by atoms with Crippen LogP contribution in [-0.2, 0) is 4.79 Å². The Bertz CT molecular complexity index is 771. The first-order chi connectivity index (χ1) is 11.8. The molecule has 0 radical (unpaired) electrons. The van der Waals surface area contributed by atoms with Crippen LogP contribution in [0.4, 0.5) is 0 Å². The van der Waals surface area contributed by atoms with Crippen LogP contribution in [0.3, 0.4) is 0 Å². The zero-order valence-corrected chi connectivity index (χ0v) is 13.6. The van der Waals surface area contributed by atoms with Crippen LogP contribution in [0, 0.1) is 17.8 Å². The van der Waals surface area contributed by atoms with Crippen LogP contribution in [0.2, 0.25) is 0 Å². The minimum Gasteiger partial charge on any atom is -0.269 e. The highest BCUT2D eigenvalue weighted by Crippen LogP contribution is 2.51. The molecule has 2 bridgehead atoms. The van der Waals surface area contributed by atoms with Crippen molar-refractivity contribution in [3.8, 4) is 0 Å². The molecule has 1 saturated heterocycles. The van der Waals surface area contributed by atoms with Gasteiger partial charge in [-0.2, -0.15) is 0 Å². The molecule has 1 amide bonds. The quantitative estimate of drug-likeness (QED) is 0.849. The Kier molecular flexibility index (Phi) is 3.09. The van der Waals surface area contributed by atoms with E-state index in [9.17, 15) is 4.79 Å². The number of benzene rings is 2. The summed E-state index contributed by atoms with van der Waals surface area (Å²) in [6.07, 6.45) is 3.70. The van der Waals surface area contributed by atoms with E-state index >= 15 is 0 Å². The van der Waals surface area contributed by atoms with Crippen molar-refractivity contribution in [3.63, 3.8) is 0 Å². The second-order valence-corrected chi connectivity index (χ2v) is 7.28. The number of hydrazine groups is 1. The summed E-state index contributed by atoms with van der Waals surface area (Å²) in [6, 6.07) is 21.2. The van der Waals surface area contributed by atoms with Crippen LogP contribution < -0.4 is 5.43 Å². The summed E-state index contributed by atoms with van der Waals surface area (Å²) in [5.41, 5.74) is 6.66. The van der Waals surface area contributed by atoms with Gasteiger partial charge in [0.25, 0.3) is 5.91 Å². The first-order valence-electron chi connectivity index (χ1n) is 8.90. The normalized spacial score (nSPS) is 30.3. The minimum absolute atomic E-state index is 0.172. The summed E-state index contributed by atoms with van der Waals surface area (Å²) in [5.74, 6) is 1.61.